The Morgan fingerprint density at radius 3 is 2.70 bits per heavy atom. The highest BCUT2D eigenvalue weighted by Crippen LogP contribution is 2.30. The van der Waals surface area contributed by atoms with Crippen LogP contribution in [-0.2, 0) is 0 Å². The normalized spacial score (nSPS) is 21.4. The van der Waals surface area contributed by atoms with Crippen LogP contribution in [0, 0.1) is 17.6 Å². The van der Waals surface area contributed by atoms with Crippen molar-refractivity contribution in [3.63, 3.8) is 0 Å². The van der Waals surface area contributed by atoms with Crippen molar-refractivity contribution in [2.45, 2.75) is 32.3 Å². The maximum Gasteiger partial charge on any atom is 0.168 e. The van der Waals surface area contributed by atoms with Gasteiger partial charge in [0.1, 0.15) is 0 Å². The van der Waals surface area contributed by atoms with Crippen LogP contribution in [-0.4, -0.2) is 36.3 Å². The lowest BCUT2D eigenvalue weighted by atomic mass is 9.82. The number of pyridine rings is 1. The SMILES string of the molecule is CCCNc1nc(N(C)CC2CC(O)C2)c(F)cc1F. The first kappa shape index (κ1) is 15.0. The van der Waals surface area contributed by atoms with Crippen LogP contribution in [0.1, 0.15) is 26.2 Å². The monoisotopic (exact) mass is 285 g/mol. The molecule has 1 aromatic rings. The minimum atomic E-state index is -0.674. The standard InChI is InChI=1S/C14H21F2N3O/c1-3-4-17-13-11(15)7-12(16)14(18-13)19(2)8-9-5-10(20)6-9/h7,9-10,20H,3-6,8H2,1-2H3,(H,17,18). The fraction of sp³-hybridized carbons (Fsp3) is 0.643. The Morgan fingerprint density at radius 1 is 1.40 bits per heavy atom. The lowest BCUT2D eigenvalue weighted by Gasteiger charge is -2.34. The van der Waals surface area contributed by atoms with Gasteiger partial charge in [-0.1, -0.05) is 6.92 Å². The van der Waals surface area contributed by atoms with Gasteiger partial charge in [0.2, 0.25) is 0 Å². The molecular formula is C14H21F2N3O. The Bertz CT molecular complexity index is 464. The Morgan fingerprint density at radius 2 is 2.10 bits per heavy atom. The summed E-state index contributed by atoms with van der Waals surface area (Å²) in [5.41, 5.74) is 0. The van der Waals surface area contributed by atoms with Crippen molar-refractivity contribution >= 4 is 11.6 Å². The summed E-state index contributed by atoms with van der Waals surface area (Å²) in [6, 6.07) is 0.868. The summed E-state index contributed by atoms with van der Waals surface area (Å²) in [5, 5.41) is 12.1. The topological polar surface area (TPSA) is 48.4 Å². The van der Waals surface area contributed by atoms with Gasteiger partial charge in [-0.25, -0.2) is 13.8 Å². The molecule has 0 unspecified atom stereocenters. The van der Waals surface area contributed by atoms with E-state index in [0.717, 1.165) is 25.3 Å². The third kappa shape index (κ3) is 3.36. The third-order valence-electron chi connectivity index (χ3n) is 3.56. The zero-order valence-corrected chi connectivity index (χ0v) is 11.9. The molecule has 2 rings (SSSR count). The van der Waals surface area contributed by atoms with Gasteiger partial charge in [-0.2, -0.15) is 0 Å². The first-order valence-corrected chi connectivity index (χ1v) is 7.00. The number of aromatic nitrogens is 1. The van der Waals surface area contributed by atoms with Crippen molar-refractivity contribution in [2.75, 3.05) is 30.4 Å². The number of nitrogens with zero attached hydrogens (tertiary/aromatic N) is 2. The molecule has 0 spiro atoms. The minimum Gasteiger partial charge on any atom is -0.393 e. The molecule has 1 aliphatic rings. The van der Waals surface area contributed by atoms with Gasteiger partial charge < -0.3 is 15.3 Å². The van der Waals surface area contributed by atoms with E-state index in [0.29, 0.717) is 19.0 Å². The summed E-state index contributed by atoms with van der Waals surface area (Å²) >= 11 is 0. The van der Waals surface area contributed by atoms with E-state index < -0.39 is 11.6 Å². The van der Waals surface area contributed by atoms with Crippen molar-refractivity contribution in [3.05, 3.63) is 17.7 Å². The molecule has 112 valence electrons. The molecule has 1 aliphatic carbocycles. The first-order valence-electron chi connectivity index (χ1n) is 7.00. The van der Waals surface area contributed by atoms with E-state index in [2.05, 4.69) is 10.3 Å². The number of rotatable bonds is 6. The van der Waals surface area contributed by atoms with Crippen LogP contribution < -0.4 is 10.2 Å². The number of anilines is 2. The Kier molecular flexibility index (Phi) is 4.75. The molecule has 20 heavy (non-hydrogen) atoms. The number of aliphatic hydroxyl groups is 1. The highest BCUT2D eigenvalue weighted by molar-refractivity contribution is 5.49. The average Bonchev–Trinajstić information content (AvgIpc) is 2.35. The predicted molar refractivity (Wildman–Crippen MR) is 74.9 cm³/mol. The zero-order chi connectivity index (χ0) is 14.7. The number of nitrogens with one attached hydrogen (secondary N) is 1. The van der Waals surface area contributed by atoms with Crippen LogP contribution in [0.3, 0.4) is 0 Å². The number of aliphatic hydroxyl groups excluding tert-OH is 1. The van der Waals surface area contributed by atoms with E-state index >= 15 is 0 Å². The molecule has 0 bridgehead atoms. The Hall–Kier alpha value is -1.43. The molecule has 0 aromatic carbocycles. The average molecular weight is 285 g/mol. The van der Waals surface area contributed by atoms with Gasteiger partial charge in [0, 0.05) is 26.2 Å². The molecule has 1 heterocycles. The van der Waals surface area contributed by atoms with Crippen LogP contribution >= 0.6 is 0 Å². The predicted octanol–water partition coefficient (Wildman–Crippen LogP) is 2.39. The van der Waals surface area contributed by atoms with Crippen molar-refractivity contribution in [1.82, 2.24) is 4.98 Å². The molecule has 1 fully saturated rings. The fourth-order valence-corrected chi connectivity index (χ4v) is 2.42. The molecule has 0 amide bonds. The summed E-state index contributed by atoms with van der Waals surface area (Å²) in [5.74, 6) is -0.762. The second kappa shape index (κ2) is 6.35. The summed E-state index contributed by atoms with van der Waals surface area (Å²) in [6.45, 7) is 3.16. The van der Waals surface area contributed by atoms with Gasteiger partial charge in [0.25, 0.3) is 0 Å². The van der Waals surface area contributed by atoms with Gasteiger partial charge in [-0.15, -0.1) is 0 Å². The van der Waals surface area contributed by atoms with Crippen molar-refractivity contribution < 1.29 is 13.9 Å². The number of hydrogen-bond acceptors (Lipinski definition) is 4. The summed E-state index contributed by atoms with van der Waals surface area (Å²) in [7, 11) is 1.73. The molecule has 0 saturated heterocycles. The second-order valence-corrected chi connectivity index (χ2v) is 5.42. The van der Waals surface area contributed by atoms with Gasteiger partial charge in [-0.05, 0) is 25.2 Å². The van der Waals surface area contributed by atoms with Crippen LogP contribution in [0.25, 0.3) is 0 Å². The van der Waals surface area contributed by atoms with Crippen LogP contribution in [0.15, 0.2) is 6.07 Å². The highest BCUT2D eigenvalue weighted by Gasteiger charge is 2.29. The van der Waals surface area contributed by atoms with Crippen molar-refractivity contribution in [3.8, 4) is 0 Å². The highest BCUT2D eigenvalue weighted by atomic mass is 19.1. The lowest BCUT2D eigenvalue weighted by Crippen LogP contribution is -2.37. The van der Waals surface area contributed by atoms with Gasteiger partial charge in [0.15, 0.2) is 23.3 Å². The van der Waals surface area contributed by atoms with E-state index in [1.807, 2.05) is 6.92 Å². The zero-order valence-electron chi connectivity index (χ0n) is 11.9. The molecule has 1 saturated carbocycles. The quantitative estimate of drug-likeness (QED) is 0.842. The third-order valence-corrected chi connectivity index (χ3v) is 3.56. The van der Waals surface area contributed by atoms with Gasteiger partial charge in [0.05, 0.1) is 6.10 Å². The fourth-order valence-electron chi connectivity index (χ4n) is 2.42. The number of halogens is 2. The smallest absolute Gasteiger partial charge is 0.168 e. The van der Waals surface area contributed by atoms with Gasteiger partial charge >= 0.3 is 0 Å². The van der Waals surface area contributed by atoms with E-state index in [1.165, 1.54) is 0 Å². The second-order valence-electron chi connectivity index (χ2n) is 5.42. The lowest BCUT2D eigenvalue weighted by molar-refractivity contribution is 0.0464. The first-order chi connectivity index (χ1) is 9.51. The molecule has 2 N–H and O–H groups in total. The van der Waals surface area contributed by atoms with Crippen LogP contribution in [0.2, 0.25) is 0 Å². The molecule has 0 atom stereocenters. The van der Waals surface area contributed by atoms with E-state index in [9.17, 15) is 13.9 Å². The van der Waals surface area contributed by atoms with E-state index in [-0.39, 0.29) is 17.7 Å². The minimum absolute atomic E-state index is 0.0868. The van der Waals surface area contributed by atoms with Crippen molar-refractivity contribution in [2.24, 2.45) is 5.92 Å². The van der Waals surface area contributed by atoms with Gasteiger partial charge in [-0.3, -0.25) is 0 Å². The summed E-state index contributed by atoms with van der Waals surface area (Å²) in [6.07, 6.45) is 2.06. The van der Waals surface area contributed by atoms with E-state index in [4.69, 9.17) is 0 Å². The molecule has 6 heteroatoms. The number of hydrogen-bond donors (Lipinski definition) is 2. The molecule has 0 aliphatic heterocycles. The molecule has 0 radical (unpaired) electrons. The Balaban J connectivity index is 2.08. The maximum atomic E-state index is 13.8. The molecule has 4 nitrogen and oxygen atoms in total. The van der Waals surface area contributed by atoms with Crippen LogP contribution in [0.5, 0.6) is 0 Å². The molecule has 1 aromatic heterocycles. The van der Waals surface area contributed by atoms with Crippen LogP contribution in [0.4, 0.5) is 20.4 Å². The molecular weight excluding hydrogens is 264 g/mol. The Labute approximate surface area is 117 Å². The maximum absolute atomic E-state index is 13.8. The van der Waals surface area contributed by atoms with Crippen molar-refractivity contribution in [1.29, 1.82) is 0 Å². The summed E-state index contributed by atoms with van der Waals surface area (Å²) < 4.78 is 27.4. The summed E-state index contributed by atoms with van der Waals surface area (Å²) in [4.78, 5) is 5.73. The van der Waals surface area contributed by atoms with E-state index in [1.54, 1.807) is 11.9 Å². The largest absolute Gasteiger partial charge is 0.393 e.